The largest absolute Gasteiger partial charge is 0.277 e. The first kappa shape index (κ1) is 10.7. The summed E-state index contributed by atoms with van der Waals surface area (Å²) in [6.07, 6.45) is 2.36. The molecule has 16 heavy (non-hydrogen) atoms. The normalized spacial score (nSPS) is 13.8. The Hall–Kier alpha value is -1.79. The van der Waals surface area contributed by atoms with E-state index >= 15 is 0 Å². The summed E-state index contributed by atoms with van der Waals surface area (Å²) < 4.78 is 0. The molecule has 3 heteroatoms. The molecule has 1 aliphatic rings. The molecule has 0 aromatic heterocycles. The highest BCUT2D eigenvalue weighted by Crippen LogP contribution is 2.27. The first-order chi connectivity index (χ1) is 7.81. The summed E-state index contributed by atoms with van der Waals surface area (Å²) in [5.41, 5.74) is 3.61. The van der Waals surface area contributed by atoms with Gasteiger partial charge < -0.3 is 0 Å². The van der Waals surface area contributed by atoms with E-state index in [-0.39, 0.29) is 5.91 Å². The maximum atomic E-state index is 11.6. The Balaban J connectivity index is 2.23. The Bertz CT molecular complexity index is 452. The van der Waals surface area contributed by atoms with Crippen LogP contribution < -0.4 is 5.48 Å². The van der Waals surface area contributed by atoms with E-state index in [0.717, 1.165) is 5.56 Å². The van der Waals surface area contributed by atoms with Crippen LogP contribution in [0, 0.1) is 17.8 Å². The average Bonchev–Trinajstić information content (AvgIpc) is 3.11. The molecule has 0 bridgehead atoms. The van der Waals surface area contributed by atoms with E-state index in [1.165, 1.54) is 20.0 Å². The van der Waals surface area contributed by atoms with Crippen molar-refractivity contribution < 1.29 is 9.63 Å². The maximum Gasteiger partial charge on any atom is 0.276 e. The van der Waals surface area contributed by atoms with Crippen LogP contribution in [0.5, 0.6) is 0 Å². The summed E-state index contributed by atoms with van der Waals surface area (Å²) in [5.74, 6) is 6.45. The van der Waals surface area contributed by atoms with Crippen molar-refractivity contribution in [3.63, 3.8) is 0 Å². The van der Waals surface area contributed by atoms with Crippen molar-refractivity contribution in [2.75, 3.05) is 7.11 Å². The monoisotopic (exact) mass is 215 g/mol. The summed E-state index contributed by atoms with van der Waals surface area (Å²) in [7, 11) is 1.41. The number of benzene rings is 1. The maximum absolute atomic E-state index is 11.6. The van der Waals surface area contributed by atoms with Gasteiger partial charge in [0.15, 0.2) is 0 Å². The molecule has 1 aromatic rings. The quantitative estimate of drug-likeness (QED) is 0.602. The first-order valence-corrected chi connectivity index (χ1v) is 5.25. The molecule has 0 radical (unpaired) electrons. The SMILES string of the molecule is CONC(=O)c1ccccc1C#CC1CC1. The molecule has 0 atom stereocenters. The predicted octanol–water partition coefficient (Wildman–Crippen LogP) is 1.74. The van der Waals surface area contributed by atoms with Gasteiger partial charge in [-0.25, -0.2) is 5.48 Å². The molecular formula is C13H13NO2. The molecule has 1 aliphatic carbocycles. The first-order valence-electron chi connectivity index (χ1n) is 5.25. The van der Waals surface area contributed by atoms with Gasteiger partial charge >= 0.3 is 0 Å². The van der Waals surface area contributed by atoms with Crippen molar-refractivity contribution >= 4 is 5.91 Å². The molecule has 3 nitrogen and oxygen atoms in total. The number of hydrogen-bond donors (Lipinski definition) is 1. The minimum absolute atomic E-state index is 0.261. The minimum atomic E-state index is -0.261. The van der Waals surface area contributed by atoms with Crippen molar-refractivity contribution in [2.24, 2.45) is 5.92 Å². The van der Waals surface area contributed by atoms with Crippen molar-refractivity contribution in [1.82, 2.24) is 5.48 Å². The van der Waals surface area contributed by atoms with Crippen molar-refractivity contribution in [2.45, 2.75) is 12.8 Å². The third-order valence-corrected chi connectivity index (χ3v) is 2.35. The van der Waals surface area contributed by atoms with Gasteiger partial charge in [0, 0.05) is 11.5 Å². The molecule has 0 aliphatic heterocycles. The summed E-state index contributed by atoms with van der Waals surface area (Å²) in [6.45, 7) is 0. The second kappa shape index (κ2) is 4.82. The second-order valence-electron chi connectivity index (χ2n) is 3.72. The van der Waals surface area contributed by atoms with Gasteiger partial charge in [0.05, 0.1) is 12.7 Å². The van der Waals surface area contributed by atoms with Crippen LogP contribution in [0.1, 0.15) is 28.8 Å². The van der Waals surface area contributed by atoms with Gasteiger partial charge in [-0.2, -0.15) is 0 Å². The Labute approximate surface area is 94.8 Å². The number of amides is 1. The van der Waals surface area contributed by atoms with Gasteiger partial charge in [-0.1, -0.05) is 24.0 Å². The van der Waals surface area contributed by atoms with Crippen LogP contribution in [0.15, 0.2) is 24.3 Å². The fourth-order valence-corrected chi connectivity index (χ4v) is 1.35. The third kappa shape index (κ3) is 2.62. The highest BCUT2D eigenvalue weighted by Gasteiger charge is 2.18. The lowest BCUT2D eigenvalue weighted by Gasteiger charge is -2.03. The van der Waals surface area contributed by atoms with Crippen LogP contribution in [-0.4, -0.2) is 13.0 Å². The Kier molecular flexibility index (Phi) is 3.23. The highest BCUT2D eigenvalue weighted by atomic mass is 16.6. The van der Waals surface area contributed by atoms with E-state index in [1.807, 2.05) is 18.2 Å². The van der Waals surface area contributed by atoms with Gasteiger partial charge in [0.25, 0.3) is 5.91 Å². The van der Waals surface area contributed by atoms with Crippen molar-refractivity contribution in [1.29, 1.82) is 0 Å². The van der Waals surface area contributed by atoms with E-state index in [9.17, 15) is 4.79 Å². The van der Waals surface area contributed by atoms with Gasteiger partial charge in [-0.15, -0.1) is 0 Å². The number of carbonyl (C=O) groups excluding carboxylic acids is 1. The van der Waals surface area contributed by atoms with E-state index < -0.39 is 0 Å². The zero-order chi connectivity index (χ0) is 11.4. The van der Waals surface area contributed by atoms with Crippen LogP contribution in [0.4, 0.5) is 0 Å². The summed E-state index contributed by atoms with van der Waals surface area (Å²) in [4.78, 5) is 16.2. The number of carbonyl (C=O) groups is 1. The molecule has 0 heterocycles. The summed E-state index contributed by atoms with van der Waals surface area (Å²) in [6, 6.07) is 7.28. The van der Waals surface area contributed by atoms with Crippen LogP contribution >= 0.6 is 0 Å². The lowest BCUT2D eigenvalue weighted by molar-refractivity contribution is 0.0537. The van der Waals surface area contributed by atoms with E-state index in [4.69, 9.17) is 0 Å². The molecule has 82 valence electrons. The van der Waals surface area contributed by atoms with Crippen LogP contribution in [0.3, 0.4) is 0 Å². The lowest BCUT2D eigenvalue weighted by atomic mass is 10.1. The third-order valence-electron chi connectivity index (χ3n) is 2.35. The molecule has 1 aromatic carbocycles. The van der Waals surface area contributed by atoms with Crippen molar-refractivity contribution in [3.8, 4) is 11.8 Å². The van der Waals surface area contributed by atoms with Gasteiger partial charge in [0.1, 0.15) is 0 Å². The molecule has 0 saturated heterocycles. The summed E-state index contributed by atoms with van der Waals surface area (Å²) >= 11 is 0. The van der Waals surface area contributed by atoms with E-state index in [2.05, 4.69) is 22.2 Å². The number of nitrogens with one attached hydrogen (secondary N) is 1. The van der Waals surface area contributed by atoms with Crippen LogP contribution in [0.2, 0.25) is 0 Å². The van der Waals surface area contributed by atoms with Gasteiger partial charge in [-0.3, -0.25) is 9.63 Å². The molecule has 1 saturated carbocycles. The Morgan fingerprint density at radius 2 is 2.19 bits per heavy atom. The Morgan fingerprint density at radius 1 is 1.44 bits per heavy atom. The molecule has 1 amide bonds. The highest BCUT2D eigenvalue weighted by molar-refractivity contribution is 5.96. The topological polar surface area (TPSA) is 38.3 Å². The molecule has 0 spiro atoms. The standard InChI is InChI=1S/C13H13NO2/c1-16-14-13(15)12-5-3-2-4-11(12)9-8-10-6-7-10/h2-5,10H,6-7H2,1H3,(H,14,15). The molecule has 1 fully saturated rings. The smallest absolute Gasteiger partial charge is 0.276 e. The van der Waals surface area contributed by atoms with E-state index in [0.29, 0.717) is 11.5 Å². The molecule has 1 N–H and O–H groups in total. The molecule has 0 unspecified atom stereocenters. The van der Waals surface area contributed by atoms with Crippen LogP contribution in [-0.2, 0) is 4.84 Å². The minimum Gasteiger partial charge on any atom is -0.277 e. The predicted molar refractivity (Wildman–Crippen MR) is 60.5 cm³/mol. The molecular weight excluding hydrogens is 202 g/mol. The van der Waals surface area contributed by atoms with Gasteiger partial charge in [0.2, 0.25) is 0 Å². The van der Waals surface area contributed by atoms with E-state index in [1.54, 1.807) is 6.07 Å². The Morgan fingerprint density at radius 3 is 2.88 bits per heavy atom. The van der Waals surface area contributed by atoms with Crippen LogP contribution in [0.25, 0.3) is 0 Å². The zero-order valence-corrected chi connectivity index (χ0v) is 9.12. The fourth-order valence-electron chi connectivity index (χ4n) is 1.35. The van der Waals surface area contributed by atoms with Crippen molar-refractivity contribution in [3.05, 3.63) is 35.4 Å². The lowest BCUT2D eigenvalue weighted by Crippen LogP contribution is -2.22. The van der Waals surface area contributed by atoms with Gasteiger partial charge in [-0.05, 0) is 25.0 Å². The fraction of sp³-hybridized carbons (Fsp3) is 0.308. The second-order valence-corrected chi connectivity index (χ2v) is 3.72. The number of hydrogen-bond acceptors (Lipinski definition) is 2. The number of rotatable bonds is 2. The summed E-state index contributed by atoms with van der Waals surface area (Å²) in [5, 5.41) is 0. The zero-order valence-electron chi connectivity index (χ0n) is 9.12. The molecule has 2 rings (SSSR count). The number of hydroxylamine groups is 1. The average molecular weight is 215 g/mol.